The van der Waals surface area contributed by atoms with Crippen LogP contribution in [0, 0.1) is 0 Å². The second-order valence-electron chi connectivity index (χ2n) is 6.11. The van der Waals surface area contributed by atoms with Crippen molar-refractivity contribution in [2.75, 3.05) is 32.6 Å². The third kappa shape index (κ3) is 4.06. The highest BCUT2D eigenvalue weighted by Gasteiger charge is 2.24. The highest BCUT2D eigenvalue weighted by Crippen LogP contribution is 2.31. The molecule has 0 bridgehead atoms. The van der Waals surface area contributed by atoms with E-state index in [1.165, 1.54) is 16.0 Å². The minimum atomic E-state index is -0.0352. The van der Waals surface area contributed by atoms with Crippen LogP contribution in [0.4, 0.5) is 5.69 Å². The van der Waals surface area contributed by atoms with Crippen LogP contribution >= 0.6 is 11.6 Å². The van der Waals surface area contributed by atoms with E-state index in [0.29, 0.717) is 17.3 Å². The molecular weight excluding hydrogens is 340 g/mol. The molecule has 132 valence electrons. The number of amides is 1. The number of hydrogen-bond donors (Lipinski definition) is 2. The zero-order chi connectivity index (χ0) is 17.8. The van der Waals surface area contributed by atoms with Crippen LogP contribution in [-0.2, 0) is 17.8 Å². The van der Waals surface area contributed by atoms with Gasteiger partial charge in [0, 0.05) is 12.0 Å². The first-order valence-corrected chi connectivity index (χ1v) is 8.60. The fourth-order valence-corrected chi connectivity index (χ4v) is 3.35. The summed E-state index contributed by atoms with van der Waals surface area (Å²) in [6, 6.07) is 11.3. The van der Waals surface area contributed by atoms with E-state index in [2.05, 4.69) is 5.32 Å². The average molecular weight is 362 g/mol. The summed E-state index contributed by atoms with van der Waals surface area (Å²) >= 11 is 6.09. The fraction of sp³-hybridized carbons (Fsp3) is 0.316. The molecule has 2 aromatic rings. The van der Waals surface area contributed by atoms with Gasteiger partial charge in [-0.2, -0.15) is 0 Å². The van der Waals surface area contributed by atoms with Gasteiger partial charge in [-0.25, -0.2) is 0 Å². The summed E-state index contributed by atoms with van der Waals surface area (Å²) in [6.45, 7) is 2.09. The van der Waals surface area contributed by atoms with E-state index in [1.807, 2.05) is 24.3 Å². The number of ether oxygens (including phenoxy) is 2. The number of nitrogens with one attached hydrogen (secondary N) is 2. The van der Waals surface area contributed by atoms with Crippen molar-refractivity contribution >= 4 is 23.2 Å². The largest absolute Gasteiger partial charge is 0.493 e. The van der Waals surface area contributed by atoms with Crippen molar-refractivity contribution in [3.63, 3.8) is 0 Å². The minimum absolute atomic E-state index is 0.0352. The van der Waals surface area contributed by atoms with Gasteiger partial charge in [0.25, 0.3) is 5.91 Å². The van der Waals surface area contributed by atoms with Crippen LogP contribution in [0.25, 0.3) is 0 Å². The summed E-state index contributed by atoms with van der Waals surface area (Å²) in [7, 11) is 3.28. The minimum Gasteiger partial charge on any atom is -0.493 e. The Bertz CT molecular complexity index is 779. The van der Waals surface area contributed by atoms with Crippen molar-refractivity contribution in [2.24, 2.45) is 0 Å². The molecule has 0 aromatic heterocycles. The Hall–Kier alpha value is -2.24. The van der Waals surface area contributed by atoms with Crippen molar-refractivity contribution in [2.45, 2.75) is 13.0 Å². The summed E-state index contributed by atoms with van der Waals surface area (Å²) in [5, 5.41) is 3.43. The van der Waals surface area contributed by atoms with Crippen molar-refractivity contribution in [3.05, 3.63) is 52.5 Å². The number of halogens is 1. The van der Waals surface area contributed by atoms with Gasteiger partial charge in [-0.1, -0.05) is 23.7 Å². The summed E-state index contributed by atoms with van der Waals surface area (Å²) in [6.07, 6.45) is 0.907. The third-order valence-corrected chi connectivity index (χ3v) is 4.78. The van der Waals surface area contributed by atoms with Gasteiger partial charge in [-0.3, -0.25) is 4.79 Å². The maximum absolute atomic E-state index is 12.3. The second kappa shape index (κ2) is 7.76. The molecule has 5 nitrogen and oxygen atoms in total. The SMILES string of the molecule is COc1cc2c(cc1OC)C[NH+](CC(=O)Nc1ccccc1Cl)CC2. The molecule has 0 saturated heterocycles. The molecular formula is C19H22ClN2O3+. The number of hydrogen-bond acceptors (Lipinski definition) is 3. The van der Waals surface area contributed by atoms with Crippen LogP contribution in [0.3, 0.4) is 0 Å². The van der Waals surface area contributed by atoms with Gasteiger partial charge in [0.05, 0.1) is 31.5 Å². The summed E-state index contributed by atoms with van der Waals surface area (Å²) in [4.78, 5) is 13.5. The third-order valence-electron chi connectivity index (χ3n) is 4.45. The van der Waals surface area contributed by atoms with Crippen molar-refractivity contribution < 1.29 is 19.2 Å². The standard InChI is InChI=1S/C19H21ClN2O3/c1-24-17-9-13-7-8-22(11-14(13)10-18(17)25-2)12-19(23)21-16-6-4-3-5-15(16)20/h3-6,9-10H,7-8,11-12H2,1-2H3,(H,21,23)/p+1. The number of fused-ring (bicyclic) bond motifs is 1. The summed E-state index contributed by atoms with van der Waals surface area (Å²) < 4.78 is 10.7. The Morgan fingerprint density at radius 2 is 1.84 bits per heavy atom. The van der Waals surface area contributed by atoms with Gasteiger partial charge in [-0.15, -0.1) is 0 Å². The Morgan fingerprint density at radius 1 is 1.16 bits per heavy atom. The van der Waals surface area contributed by atoms with Gasteiger partial charge in [-0.05, 0) is 29.8 Å². The average Bonchev–Trinajstić information content (AvgIpc) is 2.62. The smallest absolute Gasteiger partial charge is 0.279 e. The Labute approximate surface area is 152 Å². The topological polar surface area (TPSA) is 52.0 Å². The Balaban J connectivity index is 1.66. The molecule has 1 unspecified atom stereocenters. The lowest BCUT2D eigenvalue weighted by Crippen LogP contribution is -3.12. The molecule has 0 aliphatic carbocycles. The van der Waals surface area contributed by atoms with Crippen molar-refractivity contribution in [1.29, 1.82) is 0 Å². The van der Waals surface area contributed by atoms with Crippen LogP contribution in [0.2, 0.25) is 5.02 Å². The number of anilines is 1. The van der Waals surface area contributed by atoms with Gasteiger partial charge in [0.15, 0.2) is 18.0 Å². The molecule has 2 N–H and O–H groups in total. The summed E-state index contributed by atoms with van der Waals surface area (Å²) in [5.74, 6) is 1.44. The molecule has 1 amide bonds. The fourth-order valence-electron chi connectivity index (χ4n) is 3.16. The molecule has 0 saturated carbocycles. The molecule has 6 heteroatoms. The van der Waals surface area contributed by atoms with E-state index in [-0.39, 0.29) is 5.91 Å². The number of benzene rings is 2. The maximum Gasteiger partial charge on any atom is 0.279 e. The predicted octanol–water partition coefficient (Wildman–Crippen LogP) is 1.94. The normalized spacial score (nSPS) is 16.0. The molecule has 0 fully saturated rings. The molecule has 1 aliphatic heterocycles. The van der Waals surface area contributed by atoms with Crippen molar-refractivity contribution in [1.82, 2.24) is 0 Å². The van der Waals surface area contributed by atoms with Crippen LogP contribution in [-0.4, -0.2) is 33.2 Å². The quantitative estimate of drug-likeness (QED) is 0.855. The number of para-hydroxylation sites is 1. The van der Waals surface area contributed by atoms with E-state index < -0.39 is 0 Å². The number of quaternary nitrogens is 1. The zero-order valence-corrected chi connectivity index (χ0v) is 15.2. The lowest BCUT2D eigenvalue weighted by Gasteiger charge is -2.26. The highest BCUT2D eigenvalue weighted by atomic mass is 35.5. The number of carbonyl (C=O) groups excluding carboxylic acids is 1. The molecule has 1 aliphatic rings. The van der Waals surface area contributed by atoms with Gasteiger partial charge < -0.3 is 19.7 Å². The van der Waals surface area contributed by atoms with E-state index in [4.69, 9.17) is 21.1 Å². The first kappa shape index (κ1) is 17.6. The first-order valence-electron chi connectivity index (χ1n) is 8.22. The molecule has 25 heavy (non-hydrogen) atoms. The van der Waals surface area contributed by atoms with Crippen LogP contribution < -0.4 is 19.7 Å². The number of rotatable bonds is 5. The van der Waals surface area contributed by atoms with Crippen LogP contribution in [0.5, 0.6) is 11.5 Å². The lowest BCUT2D eigenvalue weighted by molar-refractivity contribution is -0.907. The van der Waals surface area contributed by atoms with E-state index in [0.717, 1.165) is 31.0 Å². The predicted molar refractivity (Wildman–Crippen MR) is 97.7 cm³/mol. The van der Waals surface area contributed by atoms with E-state index in [1.54, 1.807) is 26.4 Å². The zero-order valence-electron chi connectivity index (χ0n) is 14.4. The molecule has 3 rings (SSSR count). The lowest BCUT2D eigenvalue weighted by atomic mass is 9.99. The second-order valence-corrected chi connectivity index (χ2v) is 6.51. The molecule has 1 atom stereocenters. The van der Waals surface area contributed by atoms with Gasteiger partial charge in [0.2, 0.25) is 0 Å². The molecule has 1 heterocycles. The van der Waals surface area contributed by atoms with Crippen LogP contribution in [0.1, 0.15) is 11.1 Å². The maximum atomic E-state index is 12.3. The van der Waals surface area contributed by atoms with E-state index in [9.17, 15) is 4.79 Å². The van der Waals surface area contributed by atoms with E-state index >= 15 is 0 Å². The molecule has 2 aromatic carbocycles. The molecule has 0 spiro atoms. The van der Waals surface area contributed by atoms with Crippen molar-refractivity contribution in [3.8, 4) is 11.5 Å². The van der Waals surface area contributed by atoms with Crippen LogP contribution in [0.15, 0.2) is 36.4 Å². The Kier molecular flexibility index (Phi) is 5.46. The first-order chi connectivity index (χ1) is 12.1. The summed E-state index contributed by atoms with van der Waals surface area (Å²) in [5.41, 5.74) is 3.11. The monoisotopic (exact) mass is 361 g/mol. The highest BCUT2D eigenvalue weighted by molar-refractivity contribution is 6.33. The van der Waals surface area contributed by atoms with Gasteiger partial charge in [0.1, 0.15) is 6.54 Å². The number of carbonyl (C=O) groups is 1. The molecule has 0 radical (unpaired) electrons. The number of methoxy groups -OCH3 is 2. The van der Waals surface area contributed by atoms with Gasteiger partial charge >= 0.3 is 0 Å². The Morgan fingerprint density at radius 3 is 2.52 bits per heavy atom.